The van der Waals surface area contributed by atoms with Gasteiger partial charge in [-0.05, 0) is 42.7 Å². The molecule has 2 amide bonds. The highest BCUT2D eigenvalue weighted by molar-refractivity contribution is 6.39. The third-order valence-corrected chi connectivity index (χ3v) is 5.85. The van der Waals surface area contributed by atoms with Crippen LogP contribution in [0.1, 0.15) is 48.5 Å². The van der Waals surface area contributed by atoms with E-state index in [4.69, 9.17) is 32.7 Å². The van der Waals surface area contributed by atoms with Crippen LogP contribution in [0.4, 0.5) is 0 Å². The van der Waals surface area contributed by atoms with E-state index >= 15 is 0 Å². The zero-order chi connectivity index (χ0) is 22.5. The average Bonchev–Trinajstić information content (AvgIpc) is 3.15. The van der Waals surface area contributed by atoms with Gasteiger partial charge in [0.25, 0.3) is 5.91 Å². The highest BCUT2D eigenvalue weighted by Gasteiger charge is 2.21. The molecule has 0 unspecified atom stereocenters. The van der Waals surface area contributed by atoms with Crippen molar-refractivity contribution in [3.05, 3.63) is 51.5 Å². The molecule has 0 saturated carbocycles. The molecule has 0 aliphatic carbocycles. The van der Waals surface area contributed by atoms with Crippen molar-refractivity contribution in [1.82, 2.24) is 10.2 Å². The Hall–Kier alpha value is -2.44. The summed E-state index contributed by atoms with van der Waals surface area (Å²) < 4.78 is 11.4. The molecule has 3 rings (SSSR count). The van der Waals surface area contributed by atoms with E-state index in [-0.39, 0.29) is 34.1 Å². The summed E-state index contributed by atoms with van der Waals surface area (Å²) in [6, 6.07) is 8.59. The first kappa shape index (κ1) is 23.2. The fourth-order valence-electron chi connectivity index (χ4n) is 3.49. The lowest BCUT2D eigenvalue weighted by atomic mass is 10.0. The number of nitrogens with zero attached hydrogens (tertiary/aromatic N) is 1. The molecule has 0 bridgehead atoms. The summed E-state index contributed by atoms with van der Waals surface area (Å²) in [5, 5.41) is 3.23. The fourth-order valence-corrected chi connectivity index (χ4v) is 4.02. The second kappa shape index (κ2) is 10.2. The van der Waals surface area contributed by atoms with Crippen LogP contribution in [-0.4, -0.2) is 43.5 Å². The minimum atomic E-state index is -0.351. The van der Waals surface area contributed by atoms with E-state index in [1.807, 2.05) is 12.1 Å². The number of amides is 2. The molecule has 0 spiro atoms. The molecule has 0 aromatic heterocycles. The van der Waals surface area contributed by atoms with Crippen molar-refractivity contribution < 1.29 is 19.1 Å². The van der Waals surface area contributed by atoms with E-state index in [1.165, 1.54) is 0 Å². The first-order valence-electron chi connectivity index (χ1n) is 10.2. The molecular weight excluding hydrogens is 439 g/mol. The second-order valence-corrected chi connectivity index (χ2v) is 8.42. The Balaban J connectivity index is 1.75. The topological polar surface area (TPSA) is 67.9 Å². The van der Waals surface area contributed by atoms with Gasteiger partial charge in [-0.1, -0.05) is 37.0 Å². The molecule has 1 heterocycles. The maximum atomic E-state index is 12.6. The van der Waals surface area contributed by atoms with Gasteiger partial charge in [0, 0.05) is 31.6 Å². The summed E-state index contributed by atoms with van der Waals surface area (Å²) in [5.74, 6) is 1.52. The van der Waals surface area contributed by atoms with E-state index in [9.17, 15) is 9.59 Å². The van der Waals surface area contributed by atoms with Crippen molar-refractivity contribution in [2.24, 2.45) is 0 Å². The maximum absolute atomic E-state index is 12.6. The first-order chi connectivity index (χ1) is 14.8. The second-order valence-electron chi connectivity index (χ2n) is 7.64. The van der Waals surface area contributed by atoms with Gasteiger partial charge < -0.3 is 19.7 Å². The van der Waals surface area contributed by atoms with Gasteiger partial charge in [-0.2, -0.15) is 0 Å². The monoisotopic (exact) mass is 464 g/mol. The van der Waals surface area contributed by atoms with Gasteiger partial charge in [0.15, 0.2) is 5.75 Å². The van der Waals surface area contributed by atoms with Gasteiger partial charge in [0.2, 0.25) is 5.91 Å². The Bertz CT molecular complexity index is 978. The molecule has 6 nitrogen and oxygen atoms in total. The molecule has 2 aromatic carbocycles. The van der Waals surface area contributed by atoms with E-state index in [0.717, 1.165) is 24.3 Å². The van der Waals surface area contributed by atoms with Crippen LogP contribution < -0.4 is 14.8 Å². The predicted molar refractivity (Wildman–Crippen MR) is 122 cm³/mol. The number of rotatable bonds is 8. The van der Waals surface area contributed by atoms with Gasteiger partial charge in [-0.15, -0.1) is 0 Å². The maximum Gasteiger partial charge on any atom is 0.253 e. The van der Waals surface area contributed by atoms with Crippen molar-refractivity contribution in [3.63, 3.8) is 0 Å². The normalized spacial score (nSPS) is 13.6. The highest BCUT2D eigenvalue weighted by atomic mass is 35.5. The molecule has 0 atom stereocenters. The molecule has 8 heteroatoms. The first-order valence-corrected chi connectivity index (χ1v) is 11.0. The third kappa shape index (κ3) is 5.43. The SMILES string of the molecule is COc1ccc(Oc2c(Cl)ccc(C(=O)NCCN3CCCC3=O)c2Cl)cc1C(C)C. The van der Waals surface area contributed by atoms with Crippen LogP contribution in [0.25, 0.3) is 0 Å². The number of benzene rings is 2. The summed E-state index contributed by atoms with van der Waals surface area (Å²) in [7, 11) is 1.62. The minimum absolute atomic E-state index is 0.120. The van der Waals surface area contributed by atoms with Crippen molar-refractivity contribution in [2.75, 3.05) is 26.7 Å². The van der Waals surface area contributed by atoms with Gasteiger partial charge in [-0.25, -0.2) is 0 Å². The van der Waals surface area contributed by atoms with Gasteiger partial charge in [0.1, 0.15) is 11.5 Å². The number of carbonyl (C=O) groups excluding carboxylic acids is 2. The zero-order valence-electron chi connectivity index (χ0n) is 17.8. The summed E-state index contributed by atoms with van der Waals surface area (Å²) >= 11 is 12.8. The van der Waals surface area contributed by atoms with Crippen molar-refractivity contribution >= 4 is 35.0 Å². The number of carbonyl (C=O) groups is 2. The van der Waals surface area contributed by atoms with Crippen molar-refractivity contribution in [1.29, 1.82) is 0 Å². The number of likely N-dealkylation sites (tertiary alicyclic amines) is 1. The number of ether oxygens (including phenoxy) is 2. The summed E-state index contributed by atoms with van der Waals surface area (Å²) in [4.78, 5) is 26.1. The molecule has 31 heavy (non-hydrogen) atoms. The summed E-state index contributed by atoms with van der Waals surface area (Å²) in [6.07, 6.45) is 1.43. The number of nitrogens with one attached hydrogen (secondary N) is 1. The lowest BCUT2D eigenvalue weighted by Crippen LogP contribution is -2.35. The average molecular weight is 465 g/mol. The quantitative estimate of drug-likeness (QED) is 0.577. The van der Waals surface area contributed by atoms with Crippen molar-refractivity contribution in [2.45, 2.75) is 32.6 Å². The minimum Gasteiger partial charge on any atom is -0.496 e. The predicted octanol–water partition coefficient (Wildman–Crippen LogP) is 5.27. The lowest BCUT2D eigenvalue weighted by Gasteiger charge is -2.17. The van der Waals surface area contributed by atoms with Crippen LogP contribution in [0.5, 0.6) is 17.2 Å². The number of hydrogen-bond donors (Lipinski definition) is 1. The van der Waals surface area contributed by atoms with Crippen LogP contribution in [0.3, 0.4) is 0 Å². The molecule has 0 radical (unpaired) electrons. The number of methoxy groups -OCH3 is 1. The highest BCUT2D eigenvalue weighted by Crippen LogP contribution is 2.40. The number of hydrogen-bond acceptors (Lipinski definition) is 4. The van der Waals surface area contributed by atoms with Gasteiger partial charge >= 0.3 is 0 Å². The van der Waals surface area contributed by atoms with Crippen LogP contribution in [-0.2, 0) is 4.79 Å². The molecule has 2 aromatic rings. The molecular formula is C23H26Cl2N2O4. The summed E-state index contributed by atoms with van der Waals surface area (Å²) in [5.41, 5.74) is 1.24. The Morgan fingerprint density at radius 1 is 1.23 bits per heavy atom. The Morgan fingerprint density at radius 2 is 2.00 bits per heavy atom. The van der Waals surface area contributed by atoms with Crippen LogP contribution >= 0.6 is 23.2 Å². The molecule has 1 saturated heterocycles. The Kier molecular flexibility index (Phi) is 7.68. The molecule has 1 fully saturated rings. The van der Waals surface area contributed by atoms with Crippen molar-refractivity contribution in [3.8, 4) is 17.2 Å². The number of halogens is 2. The Labute approximate surface area is 192 Å². The van der Waals surface area contributed by atoms with Crippen LogP contribution in [0.15, 0.2) is 30.3 Å². The zero-order valence-corrected chi connectivity index (χ0v) is 19.3. The molecule has 1 aliphatic rings. The molecule has 1 aliphatic heterocycles. The third-order valence-electron chi connectivity index (χ3n) is 5.18. The standard InChI is InChI=1S/C23H26Cl2N2O4/c1-14(2)17-13-15(6-9-19(17)30-3)31-22-18(24)8-7-16(21(22)25)23(29)26-10-12-27-11-4-5-20(27)28/h6-9,13-14H,4-5,10-12H2,1-3H3,(H,26,29). The lowest BCUT2D eigenvalue weighted by molar-refractivity contribution is -0.127. The van der Waals surface area contributed by atoms with Crippen LogP contribution in [0, 0.1) is 0 Å². The van der Waals surface area contributed by atoms with Gasteiger partial charge in [0.05, 0.1) is 22.7 Å². The van der Waals surface area contributed by atoms with E-state index in [1.54, 1.807) is 30.2 Å². The fraction of sp³-hybridized carbons (Fsp3) is 0.391. The smallest absolute Gasteiger partial charge is 0.253 e. The molecule has 1 N–H and O–H groups in total. The van der Waals surface area contributed by atoms with Crippen LogP contribution in [0.2, 0.25) is 10.0 Å². The van der Waals surface area contributed by atoms with E-state index < -0.39 is 0 Å². The molecule has 166 valence electrons. The summed E-state index contributed by atoms with van der Waals surface area (Å²) in [6.45, 7) is 5.66. The van der Waals surface area contributed by atoms with E-state index in [0.29, 0.717) is 30.3 Å². The van der Waals surface area contributed by atoms with Gasteiger partial charge in [-0.3, -0.25) is 9.59 Å². The van der Waals surface area contributed by atoms with E-state index in [2.05, 4.69) is 19.2 Å². The Morgan fingerprint density at radius 3 is 2.65 bits per heavy atom. The largest absolute Gasteiger partial charge is 0.496 e.